The first-order valence-corrected chi connectivity index (χ1v) is 6.47. The first-order valence-electron chi connectivity index (χ1n) is 5.15. The average molecular weight is 246 g/mol. The molecule has 0 radical (unpaired) electrons. The van der Waals surface area contributed by atoms with Crippen LogP contribution in [0.5, 0.6) is 0 Å². The van der Waals surface area contributed by atoms with E-state index in [2.05, 4.69) is 12.2 Å². The van der Waals surface area contributed by atoms with Crippen LogP contribution in [-0.2, 0) is 11.2 Å². The highest BCUT2D eigenvalue weighted by Gasteiger charge is 2.07. The van der Waals surface area contributed by atoms with Gasteiger partial charge >= 0.3 is 0 Å². The molecular formula is C11H16ClNOS. The molecule has 1 rings (SSSR count). The molecule has 4 heteroatoms. The lowest BCUT2D eigenvalue weighted by Gasteiger charge is -2.09. The van der Waals surface area contributed by atoms with E-state index in [0.717, 1.165) is 17.7 Å². The van der Waals surface area contributed by atoms with Gasteiger partial charge in [0.15, 0.2) is 0 Å². The zero-order chi connectivity index (χ0) is 11.1. The second-order valence-electron chi connectivity index (χ2n) is 3.45. The van der Waals surface area contributed by atoms with Crippen molar-refractivity contribution in [2.75, 3.05) is 6.54 Å². The second-order valence-corrected chi connectivity index (χ2v) is 5.10. The summed E-state index contributed by atoms with van der Waals surface area (Å²) >= 11 is 7.60. The van der Waals surface area contributed by atoms with Crippen LogP contribution >= 0.6 is 22.9 Å². The molecule has 0 aliphatic rings. The Morgan fingerprint density at radius 2 is 2.47 bits per heavy atom. The maximum atomic E-state index is 11.5. The number of rotatable bonds is 6. The highest BCUT2D eigenvalue weighted by molar-refractivity contribution is 7.10. The number of halogens is 1. The lowest BCUT2D eigenvalue weighted by Crippen LogP contribution is -2.30. The molecule has 0 bridgehead atoms. The Labute approximate surface area is 99.6 Å². The van der Waals surface area contributed by atoms with E-state index in [1.165, 1.54) is 0 Å². The number of amides is 1. The first kappa shape index (κ1) is 12.5. The Morgan fingerprint density at radius 3 is 3.07 bits per heavy atom. The summed E-state index contributed by atoms with van der Waals surface area (Å²) in [5, 5.41) is 4.88. The van der Waals surface area contributed by atoms with Gasteiger partial charge < -0.3 is 5.32 Å². The van der Waals surface area contributed by atoms with Gasteiger partial charge in [-0.05, 0) is 17.9 Å². The van der Waals surface area contributed by atoms with Gasteiger partial charge in [0.25, 0.3) is 0 Å². The van der Waals surface area contributed by atoms with Gasteiger partial charge in [0.2, 0.25) is 5.91 Å². The zero-order valence-electron chi connectivity index (χ0n) is 8.83. The molecule has 1 aromatic rings. The molecule has 15 heavy (non-hydrogen) atoms. The molecule has 0 aliphatic carbocycles. The summed E-state index contributed by atoms with van der Waals surface area (Å²) in [6, 6.07) is 3.92. The number of carbonyl (C=O) groups is 1. The monoisotopic (exact) mass is 245 g/mol. The highest BCUT2D eigenvalue weighted by atomic mass is 35.5. The van der Waals surface area contributed by atoms with Crippen molar-refractivity contribution in [3.8, 4) is 0 Å². The molecule has 0 aromatic carbocycles. The summed E-state index contributed by atoms with van der Waals surface area (Å²) in [5.41, 5.74) is 0. The van der Waals surface area contributed by atoms with Crippen LogP contribution in [0.15, 0.2) is 17.5 Å². The molecule has 1 N–H and O–H groups in total. The highest BCUT2D eigenvalue weighted by Crippen LogP contribution is 2.09. The third kappa shape index (κ3) is 5.19. The number of nitrogens with one attached hydrogen (secondary N) is 1. The molecule has 0 saturated heterocycles. The van der Waals surface area contributed by atoms with Crippen molar-refractivity contribution >= 4 is 28.8 Å². The van der Waals surface area contributed by atoms with Crippen molar-refractivity contribution in [1.82, 2.24) is 5.32 Å². The van der Waals surface area contributed by atoms with Crippen LogP contribution in [0, 0.1) is 0 Å². The first-order chi connectivity index (χ1) is 7.22. The minimum Gasteiger partial charge on any atom is -0.354 e. The smallest absolute Gasteiger partial charge is 0.225 e. The fourth-order valence-corrected chi connectivity index (χ4v) is 2.27. The molecule has 0 spiro atoms. The molecule has 1 heterocycles. The Hall–Kier alpha value is -0.540. The van der Waals surface area contributed by atoms with E-state index >= 15 is 0 Å². The summed E-state index contributed by atoms with van der Waals surface area (Å²) in [4.78, 5) is 12.5. The Bertz CT molecular complexity index is 287. The minimum absolute atomic E-state index is 0.0548. The van der Waals surface area contributed by atoms with E-state index in [1.807, 2.05) is 17.5 Å². The van der Waals surface area contributed by atoms with Crippen LogP contribution < -0.4 is 5.32 Å². The standard InChI is InChI=1S/C11H16ClNOS/c1-2-4-9(12)8-13-11(14)7-10-5-3-6-15-10/h3,5-6,9H,2,4,7-8H2,1H3,(H,13,14). The number of carbonyl (C=O) groups excluding carboxylic acids is 1. The molecule has 1 amide bonds. The molecule has 1 atom stereocenters. The van der Waals surface area contributed by atoms with E-state index in [1.54, 1.807) is 11.3 Å². The van der Waals surface area contributed by atoms with Crippen molar-refractivity contribution in [2.24, 2.45) is 0 Å². The van der Waals surface area contributed by atoms with Crippen molar-refractivity contribution in [1.29, 1.82) is 0 Å². The molecule has 0 aliphatic heterocycles. The molecule has 1 unspecified atom stereocenters. The molecule has 2 nitrogen and oxygen atoms in total. The quantitative estimate of drug-likeness (QED) is 0.768. The van der Waals surface area contributed by atoms with Crippen LogP contribution in [0.4, 0.5) is 0 Å². The van der Waals surface area contributed by atoms with Gasteiger partial charge in [-0.15, -0.1) is 22.9 Å². The SMILES string of the molecule is CCCC(Cl)CNC(=O)Cc1cccs1. The summed E-state index contributed by atoms with van der Waals surface area (Å²) in [5.74, 6) is 0.0548. The van der Waals surface area contributed by atoms with Crippen LogP contribution in [0.25, 0.3) is 0 Å². The molecule has 84 valence electrons. The van der Waals surface area contributed by atoms with Gasteiger partial charge in [0.1, 0.15) is 0 Å². The second kappa shape index (κ2) is 6.85. The minimum atomic E-state index is 0.0548. The van der Waals surface area contributed by atoms with Crippen molar-refractivity contribution in [2.45, 2.75) is 31.6 Å². The summed E-state index contributed by atoms with van der Waals surface area (Å²) in [6.07, 6.45) is 2.46. The van der Waals surface area contributed by atoms with Crippen LogP contribution in [0.3, 0.4) is 0 Å². The van der Waals surface area contributed by atoms with Crippen LogP contribution in [-0.4, -0.2) is 17.8 Å². The Kier molecular flexibility index (Phi) is 5.73. The lowest BCUT2D eigenvalue weighted by molar-refractivity contribution is -0.120. The van der Waals surface area contributed by atoms with E-state index in [0.29, 0.717) is 13.0 Å². The molecule has 0 saturated carbocycles. The van der Waals surface area contributed by atoms with Gasteiger partial charge in [-0.25, -0.2) is 0 Å². The maximum Gasteiger partial charge on any atom is 0.225 e. The van der Waals surface area contributed by atoms with E-state index in [4.69, 9.17) is 11.6 Å². The van der Waals surface area contributed by atoms with Gasteiger partial charge in [-0.2, -0.15) is 0 Å². The number of thiophene rings is 1. The zero-order valence-corrected chi connectivity index (χ0v) is 10.4. The third-order valence-electron chi connectivity index (χ3n) is 2.04. The predicted molar refractivity (Wildman–Crippen MR) is 65.6 cm³/mol. The number of hydrogen-bond donors (Lipinski definition) is 1. The van der Waals surface area contributed by atoms with E-state index < -0.39 is 0 Å². The summed E-state index contributed by atoms with van der Waals surface area (Å²) < 4.78 is 0. The molecule has 0 fully saturated rings. The number of hydrogen-bond acceptors (Lipinski definition) is 2. The Balaban J connectivity index is 2.19. The number of alkyl halides is 1. The van der Waals surface area contributed by atoms with Crippen LogP contribution in [0.2, 0.25) is 0 Å². The van der Waals surface area contributed by atoms with Gasteiger partial charge in [-0.3, -0.25) is 4.79 Å². The topological polar surface area (TPSA) is 29.1 Å². The van der Waals surface area contributed by atoms with Crippen molar-refractivity contribution < 1.29 is 4.79 Å². The van der Waals surface area contributed by atoms with Crippen molar-refractivity contribution in [3.63, 3.8) is 0 Å². The predicted octanol–water partition coefficient (Wildman–Crippen LogP) is 2.81. The van der Waals surface area contributed by atoms with Crippen LogP contribution in [0.1, 0.15) is 24.6 Å². The third-order valence-corrected chi connectivity index (χ3v) is 3.29. The largest absolute Gasteiger partial charge is 0.354 e. The lowest BCUT2D eigenvalue weighted by atomic mass is 10.2. The Morgan fingerprint density at radius 1 is 1.67 bits per heavy atom. The van der Waals surface area contributed by atoms with Crippen molar-refractivity contribution in [3.05, 3.63) is 22.4 Å². The van der Waals surface area contributed by atoms with Gasteiger partial charge in [-0.1, -0.05) is 19.4 Å². The van der Waals surface area contributed by atoms with E-state index in [-0.39, 0.29) is 11.3 Å². The average Bonchev–Trinajstić information content (AvgIpc) is 2.68. The fourth-order valence-electron chi connectivity index (χ4n) is 1.27. The summed E-state index contributed by atoms with van der Waals surface area (Å²) in [7, 11) is 0. The molecular weight excluding hydrogens is 230 g/mol. The van der Waals surface area contributed by atoms with Gasteiger partial charge in [0.05, 0.1) is 11.8 Å². The fraction of sp³-hybridized carbons (Fsp3) is 0.545. The normalized spacial score (nSPS) is 12.4. The van der Waals surface area contributed by atoms with Gasteiger partial charge in [0, 0.05) is 11.4 Å². The maximum absolute atomic E-state index is 11.5. The summed E-state index contributed by atoms with van der Waals surface area (Å²) in [6.45, 7) is 2.66. The molecule has 1 aromatic heterocycles. The van der Waals surface area contributed by atoms with E-state index in [9.17, 15) is 4.79 Å².